The number of carbonyl (C=O) groups is 1. The summed E-state index contributed by atoms with van der Waals surface area (Å²) in [6, 6.07) is 0. The van der Waals surface area contributed by atoms with Crippen LogP contribution in [0.4, 0.5) is 0 Å². The van der Waals surface area contributed by atoms with Gasteiger partial charge in [0.15, 0.2) is 6.10 Å². The number of rotatable bonds is 10. The number of aliphatic hydroxyl groups is 3. The molecule has 6 fully saturated rings. The number of hydrogen-bond donors (Lipinski definition) is 3. The first-order valence-corrected chi connectivity index (χ1v) is 18.1. The van der Waals surface area contributed by atoms with Gasteiger partial charge in [0.1, 0.15) is 6.79 Å². The average molecular weight is 667 g/mol. The van der Waals surface area contributed by atoms with Crippen molar-refractivity contribution in [3.05, 3.63) is 0 Å². The lowest BCUT2D eigenvalue weighted by Gasteiger charge is -2.63. The fourth-order valence-electron chi connectivity index (χ4n) is 13.2. The van der Waals surface area contributed by atoms with E-state index in [-0.39, 0.29) is 57.9 Å². The summed E-state index contributed by atoms with van der Waals surface area (Å²) in [6.07, 6.45) is 3.56. The highest BCUT2D eigenvalue weighted by Gasteiger charge is 2.84. The largest absolute Gasteiger partial charge is 0.457 e. The van der Waals surface area contributed by atoms with Gasteiger partial charge < -0.3 is 43.7 Å². The number of ether oxygens (including phenoxy) is 6. The number of hydrogen-bond acceptors (Lipinski definition) is 10. The molecule has 5 saturated carbocycles. The lowest BCUT2D eigenvalue weighted by atomic mass is 9.41. The Bertz CT molecular complexity index is 1190. The highest BCUT2D eigenvalue weighted by molar-refractivity contribution is 5.66. The fraction of sp³-hybridized carbons (Fsp3) is 0.973. The summed E-state index contributed by atoms with van der Waals surface area (Å²) in [5, 5.41) is 34.0. The molecule has 1 heterocycles. The van der Waals surface area contributed by atoms with Crippen molar-refractivity contribution >= 4 is 5.97 Å². The van der Waals surface area contributed by atoms with Crippen LogP contribution in [0.3, 0.4) is 0 Å². The summed E-state index contributed by atoms with van der Waals surface area (Å²) in [5.41, 5.74) is -1.47. The van der Waals surface area contributed by atoms with E-state index in [4.69, 9.17) is 28.4 Å². The van der Waals surface area contributed by atoms with Gasteiger partial charge in [-0.1, -0.05) is 34.6 Å². The molecule has 270 valence electrons. The van der Waals surface area contributed by atoms with Crippen LogP contribution in [0.5, 0.6) is 0 Å². The van der Waals surface area contributed by atoms with Crippen LogP contribution in [0.1, 0.15) is 107 Å². The molecule has 47 heavy (non-hydrogen) atoms. The standard InChI is InChI=1S/C37H62O10/c1-20-17-22(29(33(5,6)41)45-21(2)38)46-27-26(20)34(7)15-16-37-18-36(37)14-13-25(47-31(30(40)43-10)44-19-42-9)32(3,4)23(36)11-12-24(37)35(34,8)28(27)39/h20,22-31,39-41H,11-19H2,1-10H3/t20-,22-,23+,24+,25?,26+,27+,28+,29+,30-,31+,34-,35-,36-,37?/m1/s1. The first-order chi connectivity index (χ1) is 21.9. The lowest BCUT2D eigenvalue weighted by molar-refractivity contribution is -0.314. The zero-order valence-electron chi connectivity index (χ0n) is 30.4. The van der Waals surface area contributed by atoms with Crippen LogP contribution < -0.4 is 0 Å². The minimum atomic E-state index is -1.28. The van der Waals surface area contributed by atoms with Crippen LogP contribution in [0.15, 0.2) is 0 Å². The predicted octanol–water partition coefficient (Wildman–Crippen LogP) is 4.80. The summed E-state index contributed by atoms with van der Waals surface area (Å²) in [7, 11) is 2.98. The van der Waals surface area contributed by atoms with Crippen LogP contribution in [0.2, 0.25) is 0 Å². The molecule has 10 nitrogen and oxygen atoms in total. The number of carbonyl (C=O) groups excluding carboxylic acids is 1. The highest BCUT2D eigenvalue weighted by Crippen LogP contribution is 2.89. The van der Waals surface area contributed by atoms with Crippen LogP contribution in [-0.4, -0.2) is 91.0 Å². The Morgan fingerprint density at radius 3 is 2.30 bits per heavy atom. The molecule has 10 heteroatoms. The van der Waals surface area contributed by atoms with Gasteiger partial charge in [-0.2, -0.15) is 0 Å². The molecule has 0 aromatic carbocycles. The highest BCUT2D eigenvalue weighted by atomic mass is 16.8. The van der Waals surface area contributed by atoms with Crippen LogP contribution in [0.25, 0.3) is 0 Å². The molecule has 0 bridgehead atoms. The molecule has 0 radical (unpaired) electrons. The van der Waals surface area contributed by atoms with Crippen LogP contribution in [0, 0.1) is 50.7 Å². The second kappa shape index (κ2) is 11.9. The van der Waals surface area contributed by atoms with E-state index in [1.165, 1.54) is 20.5 Å². The van der Waals surface area contributed by atoms with Gasteiger partial charge in [-0.25, -0.2) is 0 Å². The van der Waals surface area contributed by atoms with E-state index < -0.39 is 42.5 Å². The Hall–Kier alpha value is -0.850. The van der Waals surface area contributed by atoms with E-state index in [1.807, 2.05) is 0 Å². The predicted molar refractivity (Wildman–Crippen MR) is 173 cm³/mol. The molecule has 6 aliphatic rings. The van der Waals surface area contributed by atoms with E-state index in [9.17, 15) is 20.1 Å². The van der Waals surface area contributed by atoms with E-state index in [1.54, 1.807) is 21.0 Å². The summed E-state index contributed by atoms with van der Waals surface area (Å²) in [4.78, 5) is 12.1. The molecule has 0 amide bonds. The topological polar surface area (TPSA) is 133 Å². The number of esters is 1. The fourth-order valence-corrected chi connectivity index (χ4v) is 13.2. The smallest absolute Gasteiger partial charge is 0.303 e. The first kappa shape index (κ1) is 36.0. The Balaban J connectivity index is 1.26. The zero-order valence-corrected chi connectivity index (χ0v) is 30.4. The van der Waals surface area contributed by atoms with Gasteiger partial charge in [0.2, 0.25) is 12.6 Å². The van der Waals surface area contributed by atoms with Gasteiger partial charge in [-0.05, 0) is 111 Å². The molecular weight excluding hydrogens is 604 g/mol. The quantitative estimate of drug-likeness (QED) is 0.221. The average Bonchev–Trinajstić information content (AvgIpc) is 3.62. The van der Waals surface area contributed by atoms with Crippen molar-refractivity contribution < 1.29 is 48.5 Å². The minimum Gasteiger partial charge on any atom is -0.457 e. The Morgan fingerprint density at radius 2 is 1.68 bits per heavy atom. The second-order valence-corrected chi connectivity index (χ2v) is 17.9. The van der Waals surface area contributed by atoms with Gasteiger partial charge in [0, 0.05) is 26.6 Å². The molecular formula is C37H62O10. The molecule has 6 rings (SSSR count). The molecule has 5 aliphatic carbocycles. The van der Waals surface area contributed by atoms with Gasteiger partial charge in [0.05, 0.1) is 30.0 Å². The van der Waals surface area contributed by atoms with Crippen molar-refractivity contribution in [2.24, 2.45) is 50.7 Å². The maximum atomic E-state index is 12.5. The first-order valence-electron chi connectivity index (χ1n) is 18.1. The number of methoxy groups -OCH3 is 2. The van der Waals surface area contributed by atoms with Gasteiger partial charge in [-0.15, -0.1) is 0 Å². The van der Waals surface area contributed by atoms with Crippen molar-refractivity contribution in [1.82, 2.24) is 0 Å². The summed E-state index contributed by atoms with van der Waals surface area (Å²) in [6.45, 7) is 16.4. The minimum absolute atomic E-state index is 0.00328. The monoisotopic (exact) mass is 666 g/mol. The maximum Gasteiger partial charge on any atom is 0.303 e. The molecule has 2 spiro atoms. The third kappa shape index (κ3) is 5.04. The van der Waals surface area contributed by atoms with Crippen molar-refractivity contribution in [3.63, 3.8) is 0 Å². The van der Waals surface area contributed by atoms with Gasteiger partial charge in [0.25, 0.3) is 0 Å². The van der Waals surface area contributed by atoms with E-state index in [0.717, 1.165) is 38.5 Å². The van der Waals surface area contributed by atoms with E-state index >= 15 is 0 Å². The number of aliphatic hydroxyl groups excluding tert-OH is 2. The van der Waals surface area contributed by atoms with Crippen LogP contribution >= 0.6 is 0 Å². The zero-order chi connectivity index (χ0) is 34.5. The number of fused-ring (bicyclic) bond motifs is 4. The molecule has 1 saturated heterocycles. The maximum absolute atomic E-state index is 12.5. The summed E-state index contributed by atoms with van der Waals surface area (Å²) >= 11 is 0. The van der Waals surface area contributed by atoms with Crippen molar-refractivity contribution in [2.45, 2.75) is 155 Å². The molecule has 1 aliphatic heterocycles. The Kier molecular flexibility index (Phi) is 9.07. The van der Waals surface area contributed by atoms with Crippen molar-refractivity contribution in [1.29, 1.82) is 0 Å². The summed E-state index contributed by atoms with van der Waals surface area (Å²) in [5.74, 6) is 0.808. The summed E-state index contributed by atoms with van der Waals surface area (Å²) < 4.78 is 35.0. The van der Waals surface area contributed by atoms with Crippen molar-refractivity contribution in [2.75, 3.05) is 21.0 Å². The normalized spacial score (nSPS) is 48.5. The van der Waals surface area contributed by atoms with E-state index in [2.05, 4.69) is 34.6 Å². The van der Waals surface area contributed by atoms with Gasteiger partial charge >= 0.3 is 5.97 Å². The molecule has 0 aromatic rings. The van der Waals surface area contributed by atoms with Crippen molar-refractivity contribution in [3.8, 4) is 0 Å². The third-order valence-electron chi connectivity index (χ3n) is 15.2. The molecule has 2 unspecified atom stereocenters. The van der Waals surface area contributed by atoms with Crippen LogP contribution in [-0.2, 0) is 33.2 Å². The molecule has 3 N–H and O–H groups in total. The second-order valence-electron chi connectivity index (χ2n) is 17.9. The lowest BCUT2D eigenvalue weighted by Crippen LogP contribution is -2.60. The molecule has 0 aromatic heterocycles. The Morgan fingerprint density at radius 1 is 1.02 bits per heavy atom. The SMILES string of the molecule is COCO[C@@H](OC1CC[C@]23CC24CC[C@]2(C)[C@@H]5[C@H](O[C@@H]([C@H](OC(C)=O)C(C)(C)O)C[C@H]5C)[C@H](O)[C@@]2(C)[C@@H]4CC[C@H]3C1(C)C)[C@H](O)OC. The molecule has 15 atom stereocenters. The Labute approximate surface area is 281 Å². The van der Waals surface area contributed by atoms with E-state index in [0.29, 0.717) is 18.3 Å². The van der Waals surface area contributed by atoms with Gasteiger partial charge in [-0.3, -0.25) is 4.79 Å². The third-order valence-corrected chi connectivity index (χ3v) is 15.2.